The van der Waals surface area contributed by atoms with Crippen molar-refractivity contribution in [1.82, 2.24) is 9.78 Å². The molecule has 8 heteroatoms. The minimum absolute atomic E-state index is 0.0213. The fraction of sp³-hybridized carbons (Fsp3) is 0.542. The maximum atomic E-state index is 13.2. The van der Waals surface area contributed by atoms with Gasteiger partial charge in [0.25, 0.3) is 0 Å². The minimum atomic E-state index is -0.326. The van der Waals surface area contributed by atoms with E-state index in [0.29, 0.717) is 25.4 Å². The highest BCUT2D eigenvalue weighted by molar-refractivity contribution is 6.03. The van der Waals surface area contributed by atoms with Crippen molar-refractivity contribution >= 4 is 23.4 Å². The van der Waals surface area contributed by atoms with Crippen molar-refractivity contribution < 1.29 is 19.1 Å². The van der Waals surface area contributed by atoms with Gasteiger partial charge in [0.1, 0.15) is 6.10 Å². The molecule has 2 amide bonds. The van der Waals surface area contributed by atoms with E-state index in [9.17, 15) is 9.59 Å². The highest BCUT2D eigenvalue weighted by Gasteiger charge is 2.35. The summed E-state index contributed by atoms with van der Waals surface area (Å²) in [7, 11) is 0. The number of fused-ring (bicyclic) bond motifs is 1. The second-order valence-corrected chi connectivity index (χ2v) is 9.10. The quantitative estimate of drug-likeness (QED) is 0.719. The highest BCUT2D eigenvalue weighted by atomic mass is 16.6. The van der Waals surface area contributed by atoms with E-state index in [0.717, 1.165) is 42.5 Å². The summed E-state index contributed by atoms with van der Waals surface area (Å²) in [5.74, 6) is -0.0374. The lowest BCUT2D eigenvalue weighted by atomic mass is 9.98. The Kier molecular flexibility index (Phi) is 5.63. The number of nitrogens with zero attached hydrogens (tertiary/aromatic N) is 4. The Morgan fingerprint density at radius 3 is 2.56 bits per heavy atom. The van der Waals surface area contributed by atoms with Crippen molar-refractivity contribution in [2.24, 2.45) is 0 Å². The fourth-order valence-electron chi connectivity index (χ4n) is 4.91. The van der Waals surface area contributed by atoms with E-state index >= 15 is 0 Å². The van der Waals surface area contributed by atoms with Crippen LogP contribution < -0.4 is 9.80 Å². The third-order valence-electron chi connectivity index (χ3n) is 6.72. The fourth-order valence-corrected chi connectivity index (χ4v) is 4.91. The first-order chi connectivity index (χ1) is 15.5. The largest absolute Gasteiger partial charge is 0.446 e. The molecule has 0 N–H and O–H groups in total. The van der Waals surface area contributed by atoms with E-state index in [2.05, 4.69) is 5.10 Å². The molecule has 8 nitrogen and oxygen atoms in total. The number of aromatic nitrogens is 2. The maximum absolute atomic E-state index is 13.2. The summed E-state index contributed by atoms with van der Waals surface area (Å²) < 4.78 is 13.1. The summed E-state index contributed by atoms with van der Waals surface area (Å²) in [4.78, 5) is 29.1. The zero-order valence-electron chi connectivity index (χ0n) is 18.7. The average molecular weight is 439 g/mol. The average Bonchev–Trinajstić information content (AvgIpc) is 3.21. The first-order valence-electron chi connectivity index (χ1n) is 11.6. The number of hydrogen-bond donors (Lipinski definition) is 0. The predicted octanol–water partition coefficient (Wildman–Crippen LogP) is 4.15. The van der Waals surface area contributed by atoms with E-state index in [1.165, 1.54) is 6.42 Å². The molecule has 1 aliphatic carbocycles. The Morgan fingerprint density at radius 1 is 1.09 bits per heavy atom. The van der Waals surface area contributed by atoms with Crippen LogP contribution in [0.4, 0.5) is 16.2 Å². The molecule has 3 heterocycles. The summed E-state index contributed by atoms with van der Waals surface area (Å²) >= 11 is 0. The van der Waals surface area contributed by atoms with Crippen LogP contribution in [0.3, 0.4) is 0 Å². The number of benzene rings is 1. The van der Waals surface area contributed by atoms with Gasteiger partial charge in [0.15, 0.2) is 0 Å². The van der Waals surface area contributed by atoms with Gasteiger partial charge in [0, 0.05) is 25.2 Å². The van der Waals surface area contributed by atoms with E-state index in [1.807, 2.05) is 42.2 Å². The number of carbonyl (C=O) groups excluding carboxylic acids is 2. The van der Waals surface area contributed by atoms with Gasteiger partial charge in [-0.15, -0.1) is 0 Å². The van der Waals surface area contributed by atoms with Crippen molar-refractivity contribution in [2.75, 3.05) is 29.6 Å². The lowest BCUT2D eigenvalue weighted by molar-refractivity contribution is -0.117. The van der Waals surface area contributed by atoms with Crippen molar-refractivity contribution in [1.29, 1.82) is 0 Å². The molecule has 1 aromatic heterocycles. The molecule has 32 heavy (non-hydrogen) atoms. The molecule has 2 aromatic rings. The van der Waals surface area contributed by atoms with Crippen LogP contribution in [0.1, 0.15) is 52.0 Å². The summed E-state index contributed by atoms with van der Waals surface area (Å²) in [5, 5.41) is 4.48. The standard InChI is InChI=1S/C24H30N4O4/c1-16-12-26(24(30)32-21-6-4-3-5-7-21)23-10-18(8-9-22(23)28(16)17(2)29)19-11-25-27(13-19)20-14-31-15-20/h8-11,13,16,20-21H,3-7,12,14-15H2,1-2H3. The molecule has 1 unspecified atom stereocenters. The molecule has 1 aromatic carbocycles. The molecule has 1 saturated heterocycles. The lowest BCUT2D eigenvalue weighted by Crippen LogP contribution is -2.52. The molecule has 2 fully saturated rings. The van der Waals surface area contributed by atoms with E-state index in [1.54, 1.807) is 16.7 Å². The second-order valence-electron chi connectivity index (χ2n) is 9.10. The molecular formula is C24H30N4O4. The van der Waals surface area contributed by atoms with Gasteiger partial charge >= 0.3 is 6.09 Å². The van der Waals surface area contributed by atoms with Gasteiger partial charge in [-0.2, -0.15) is 5.10 Å². The number of rotatable bonds is 3. The highest BCUT2D eigenvalue weighted by Crippen LogP contribution is 2.39. The maximum Gasteiger partial charge on any atom is 0.414 e. The SMILES string of the molecule is CC(=O)N1c2ccc(-c3cnn(C4COC4)c3)cc2N(C(=O)OC2CCCCC2)CC1C. The van der Waals surface area contributed by atoms with Crippen LogP contribution in [0, 0.1) is 0 Å². The number of carbonyl (C=O) groups is 2. The normalized spacial score (nSPS) is 21.8. The van der Waals surface area contributed by atoms with Crippen molar-refractivity contribution in [3.8, 4) is 11.1 Å². The van der Waals surface area contributed by atoms with Crippen LogP contribution in [0.15, 0.2) is 30.6 Å². The van der Waals surface area contributed by atoms with Crippen molar-refractivity contribution in [3.05, 3.63) is 30.6 Å². The Bertz CT molecular complexity index is 1010. The molecule has 0 spiro atoms. The van der Waals surface area contributed by atoms with E-state index < -0.39 is 0 Å². The monoisotopic (exact) mass is 438 g/mol. The Morgan fingerprint density at radius 2 is 1.88 bits per heavy atom. The van der Waals surface area contributed by atoms with E-state index in [-0.39, 0.29) is 30.2 Å². The summed E-state index contributed by atoms with van der Waals surface area (Å²) in [6, 6.07) is 6.02. The minimum Gasteiger partial charge on any atom is -0.446 e. The Balaban J connectivity index is 1.47. The van der Waals surface area contributed by atoms with Crippen LogP contribution in [0.25, 0.3) is 11.1 Å². The van der Waals surface area contributed by atoms with Crippen LogP contribution in [-0.4, -0.2) is 53.7 Å². The predicted molar refractivity (Wildman–Crippen MR) is 121 cm³/mol. The second kappa shape index (κ2) is 8.58. The van der Waals surface area contributed by atoms with Gasteiger partial charge in [0.05, 0.1) is 42.9 Å². The molecule has 5 rings (SSSR count). The number of hydrogen-bond acceptors (Lipinski definition) is 5. The van der Waals surface area contributed by atoms with Gasteiger partial charge in [-0.3, -0.25) is 14.4 Å². The van der Waals surface area contributed by atoms with Crippen molar-refractivity contribution in [2.45, 2.75) is 64.1 Å². The van der Waals surface area contributed by atoms with Crippen LogP contribution >= 0.6 is 0 Å². The first-order valence-corrected chi connectivity index (χ1v) is 11.6. The summed E-state index contributed by atoms with van der Waals surface area (Å²) in [5.41, 5.74) is 3.36. The zero-order valence-corrected chi connectivity index (χ0v) is 18.7. The molecule has 3 aliphatic rings. The summed E-state index contributed by atoms with van der Waals surface area (Å²) in [6.45, 7) is 5.29. The molecular weight excluding hydrogens is 408 g/mol. The van der Waals surface area contributed by atoms with Gasteiger partial charge < -0.3 is 14.4 Å². The van der Waals surface area contributed by atoms with Crippen LogP contribution in [-0.2, 0) is 14.3 Å². The molecule has 1 atom stereocenters. The third-order valence-corrected chi connectivity index (χ3v) is 6.72. The number of anilines is 2. The molecule has 1 saturated carbocycles. The molecule has 170 valence electrons. The lowest BCUT2D eigenvalue weighted by Gasteiger charge is -2.41. The molecule has 0 bridgehead atoms. The smallest absolute Gasteiger partial charge is 0.414 e. The Labute approximate surface area is 188 Å². The number of amides is 2. The molecule has 0 radical (unpaired) electrons. The van der Waals surface area contributed by atoms with Crippen molar-refractivity contribution in [3.63, 3.8) is 0 Å². The molecule has 2 aliphatic heterocycles. The third kappa shape index (κ3) is 3.88. The van der Waals surface area contributed by atoms with Gasteiger partial charge in [0.2, 0.25) is 5.91 Å². The Hall–Kier alpha value is -2.87. The number of ether oxygens (including phenoxy) is 2. The first kappa shape index (κ1) is 21.0. The van der Waals surface area contributed by atoms with E-state index in [4.69, 9.17) is 9.47 Å². The topological polar surface area (TPSA) is 76.9 Å². The van der Waals surface area contributed by atoms with Gasteiger partial charge in [-0.1, -0.05) is 12.5 Å². The van der Waals surface area contributed by atoms with Crippen LogP contribution in [0.5, 0.6) is 0 Å². The van der Waals surface area contributed by atoms with Crippen LogP contribution in [0.2, 0.25) is 0 Å². The zero-order chi connectivity index (χ0) is 22.2. The summed E-state index contributed by atoms with van der Waals surface area (Å²) in [6.07, 6.45) is 8.74. The van der Waals surface area contributed by atoms with Gasteiger partial charge in [-0.05, 0) is 50.3 Å². The van der Waals surface area contributed by atoms with Gasteiger partial charge in [-0.25, -0.2) is 4.79 Å².